The fourth-order valence-electron chi connectivity index (χ4n) is 6.62. The minimum absolute atomic E-state index is 0.124. The number of nitrogens with one attached hydrogen (secondary N) is 3. The number of amides is 2. The second-order valence-corrected chi connectivity index (χ2v) is 12.8. The Bertz CT molecular complexity index is 1360. The number of methoxy groups -OCH3 is 1. The molecule has 2 fully saturated rings. The number of rotatable bonds is 9. The third-order valence-electron chi connectivity index (χ3n) is 9.36. The minimum Gasteiger partial charge on any atom is -0.495 e. The molecule has 1 aliphatic carbocycles. The summed E-state index contributed by atoms with van der Waals surface area (Å²) in [5, 5.41) is 9.73. The van der Waals surface area contributed by atoms with E-state index in [1.165, 1.54) is 38.1 Å². The Morgan fingerprint density at radius 1 is 1.18 bits per heavy atom. The third-order valence-corrected chi connectivity index (χ3v) is 9.36. The van der Waals surface area contributed by atoms with Crippen LogP contribution < -0.4 is 30.5 Å². The largest absolute Gasteiger partial charge is 0.495 e. The van der Waals surface area contributed by atoms with Crippen molar-refractivity contribution < 1.29 is 23.1 Å². The molecule has 2 aliphatic heterocycles. The predicted octanol–water partition coefficient (Wildman–Crippen LogP) is 4.03. The van der Waals surface area contributed by atoms with Crippen molar-refractivity contribution in [3.63, 3.8) is 0 Å². The van der Waals surface area contributed by atoms with Crippen LogP contribution in [0.25, 0.3) is 0 Å². The molecule has 5 rings (SSSR count). The Morgan fingerprint density at radius 3 is 2.56 bits per heavy atom. The second-order valence-electron chi connectivity index (χ2n) is 12.8. The lowest BCUT2D eigenvalue weighted by Gasteiger charge is -2.37. The Balaban J connectivity index is 1.22. The molecule has 45 heavy (non-hydrogen) atoms. The molecule has 3 N–H and O–H groups in total. The number of nitrogens with zero attached hydrogens (tertiary/aromatic N) is 5. The third kappa shape index (κ3) is 7.46. The zero-order chi connectivity index (χ0) is 32.3. The van der Waals surface area contributed by atoms with Crippen LogP contribution in [0.2, 0.25) is 0 Å². The van der Waals surface area contributed by atoms with Gasteiger partial charge in [-0.15, -0.1) is 0 Å². The average molecular weight is 629 g/mol. The molecule has 3 heterocycles. The van der Waals surface area contributed by atoms with Gasteiger partial charge in [0.2, 0.25) is 5.95 Å². The molecule has 3 aliphatic rings. The zero-order valence-corrected chi connectivity index (χ0v) is 26.9. The fourth-order valence-corrected chi connectivity index (χ4v) is 6.62. The monoisotopic (exact) mass is 628 g/mol. The summed E-state index contributed by atoms with van der Waals surface area (Å²) in [6.07, 6.45) is 7.86. The predicted molar refractivity (Wildman–Crippen MR) is 171 cm³/mol. The molecule has 0 radical (unpaired) electrons. The minimum atomic E-state index is -3.57. The summed E-state index contributed by atoms with van der Waals surface area (Å²) < 4.78 is 34.9. The standard InChI is InChI=1S/C32H46F2N8O3/c1-20(2)42-19-32(33,34)30(44)41(4)26-17-36-31(39-28(26)42)38-25-11-6-22(16-27(25)45-5)29(43)37-23-7-9-24(10-8-23)40(3)18-21-12-14-35-15-13-21/h6,11,16-17,20-21,23-24,35H,7-10,12-15,18-19H2,1-5H3,(H,37,43)(H,36,38,39). The van der Waals surface area contributed by atoms with E-state index in [0.717, 1.165) is 56.1 Å². The number of hydrogen-bond donors (Lipinski definition) is 3. The van der Waals surface area contributed by atoms with E-state index >= 15 is 0 Å². The SMILES string of the molecule is COc1cc(C(=O)NC2CCC(N(C)CC3CCNCC3)CC2)ccc1Nc1ncc2c(n1)N(C(C)C)CC(F)(F)C(=O)N2C. The highest BCUT2D eigenvalue weighted by molar-refractivity contribution is 6.02. The van der Waals surface area contributed by atoms with Crippen LogP contribution in [-0.4, -0.2) is 98.1 Å². The summed E-state index contributed by atoms with van der Waals surface area (Å²) in [5.74, 6) is -3.51. The molecule has 11 nitrogen and oxygen atoms in total. The lowest BCUT2D eigenvalue weighted by Crippen LogP contribution is -2.47. The summed E-state index contributed by atoms with van der Waals surface area (Å²) in [6, 6.07) is 5.40. The first-order valence-corrected chi connectivity index (χ1v) is 15.9. The number of alkyl halides is 2. The van der Waals surface area contributed by atoms with Crippen LogP contribution in [-0.2, 0) is 4.79 Å². The maximum atomic E-state index is 14.7. The van der Waals surface area contributed by atoms with Crippen molar-refractivity contribution in [2.24, 2.45) is 5.92 Å². The Kier molecular flexibility index (Phi) is 10.1. The highest BCUT2D eigenvalue weighted by atomic mass is 19.3. The van der Waals surface area contributed by atoms with Crippen LogP contribution in [0.15, 0.2) is 24.4 Å². The van der Waals surface area contributed by atoms with Gasteiger partial charge in [-0.2, -0.15) is 13.8 Å². The van der Waals surface area contributed by atoms with Gasteiger partial charge in [-0.25, -0.2) is 4.98 Å². The van der Waals surface area contributed by atoms with E-state index in [1.807, 2.05) is 0 Å². The van der Waals surface area contributed by atoms with Gasteiger partial charge in [-0.3, -0.25) is 9.59 Å². The molecule has 0 bridgehead atoms. The summed E-state index contributed by atoms with van der Waals surface area (Å²) >= 11 is 0. The first-order chi connectivity index (χ1) is 21.5. The van der Waals surface area contributed by atoms with Crippen LogP contribution in [0.3, 0.4) is 0 Å². The molecule has 0 atom stereocenters. The van der Waals surface area contributed by atoms with Crippen LogP contribution >= 0.6 is 0 Å². The summed E-state index contributed by atoms with van der Waals surface area (Å²) in [5.41, 5.74) is 1.17. The number of carbonyl (C=O) groups excluding carboxylic acids is 2. The van der Waals surface area contributed by atoms with Gasteiger partial charge >= 0.3 is 5.92 Å². The number of ether oxygens (including phenoxy) is 1. The van der Waals surface area contributed by atoms with E-state index < -0.39 is 18.4 Å². The molecular weight excluding hydrogens is 582 g/mol. The van der Waals surface area contributed by atoms with Crippen LogP contribution in [0.1, 0.15) is 62.7 Å². The van der Waals surface area contributed by atoms with Crippen molar-refractivity contribution in [3.8, 4) is 5.75 Å². The molecular formula is C32H46F2N8O3. The molecule has 0 spiro atoms. The highest BCUT2D eigenvalue weighted by Crippen LogP contribution is 2.37. The molecule has 13 heteroatoms. The van der Waals surface area contributed by atoms with E-state index in [-0.39, 0.29) is 35.4 Å². The number of aromatic nitrogens is 2. The van der Waals surface area contributed by atoms with Gasteiger partial charge in [0, 0.05) is 37.3 Å². The van der Waals surface area contributed by atoms with Gasteiger partial charge in [0.25, 0.3) is 11.8 Å². The van der Waals surface area contributed by atoms with Gasteiger partial charge in [0.15, 0.2) is 5.82 Å². The summed E-state index contributed by atoms with van der Waals surface area (Å²) in [6.45, 7) is 6.10. The number of benzene rings is 1. The molecule has 1 saturated heterocycles. The first kappa shape index (κ1) is 32.8. The number of hydrogen-bond acceptors (Lipinski definition) is 9. The maximum Gasteiger partial charge on any atom is 0.342 e. The maximum absolute atomic E-state index is 14.7. The number of carbonyl (C=O) groups is 2. The van der Waals surface area contributed by atoms with E-state index in [9.17, 15) is 18.4 Å². The lowest BCUT2D eigenvalue weighted by atomic mass is 9.89. The van der Waals surface area contributed by atoms with Crippen LogP contribution in [0, 0.1) is 5.92 Å². The zero-order valence-electron chi connectivity index (χ0n) is 26.9. The number of fused-ring (bicyclic) bond motifs is 1. The molecule has 246 valence electrons. The van der Waals surface area contributed by atoms with Gasteiger partial charge < -0.3 is 35.4 Å². The second kappa shape index (κ2) is 13.8. The van der Waals surface area contributed by atoms with Crippen molar-refractivity contribution in [1.29, 1.82) is 0 Å². The molecule has 1 aromatic heterocycles. The van der Waals surface area contributed by atoms with Gasteiger partial charge in [0.05, 0.1) is 25.5 Å². The lowest BCUT2D eigenvalue weighted by molar-refractivity contribution is -0.140. The number of halogens is 2. The summed E-state index contributed by atoms with van der Waals surface area (Å²) in [4.78, 5) is 39.2. The Labute approximate surface area is 264 Å². The fraction of sp³-hybridized carbons (Fsp3) is 0.625. The number of anilines is 4. The van der Waals surface area contributed by atoms with Crippen molar-refractivity contribution in [2.45, 2.75) is 76.4 Å². The van der Waals surface area contributed by atoms with Crippen LogP contribution in [0.5, 0.6) is 5.75 Å². The van der Waals surface area contributed by atoms with Gasteiger partial charge in [-0.1, -0.05) is 0 Å². The molecule has 0 unspecified atom stereocenters. The van der Waals surface area contributed by atoms with Crippen molar-refractivity contribution >= 4 is 35.0 Å². The average Bonchev–Trinajstić information content (AvgIpc) is 3.10. The normalized spacial score (nSPS) is 22.3. The number of piperidine rings is 1. The van der Waals surface area contributed by atoms with Crippen LogP contribution in [0.4, 0.5) is 31.9 Å². The summed E-state index contributed by atoms with van der Waals surface area (Å²) in [7, 11) is 5.04. The Morgan fingerprint density at radius 2 is 1.89 bits per heavy atom. The molecule has 1 aromatic carbocycles. The Hall–Kier alpha value is -3.58. The smallest absolute Gasteiger partial charge is 0.342 e. The van der Waals surface area contributed by atoms with Crippen molar-refractivity contribution in [2.75, 3.05) is 62.5 Å². The molecule has 2 aromatic rings. The first-order valence-electron chi connectivity index (χ1n) is 15.9. The van der Waals surface area contributed by atoms with Gasteiger partial charge in [0.1, 0.15) is 11.4 Å². The van der Waals surface area contributed by atoms with Crippen molar-refractivity contribution in [1.82, 2.24) is 25.5 Å². The highest BCUT2D eigenvalue weighted by Gasteiger charge is 2.47. The van der Waals surface area contributed by atoms with Gasteiger partial charge in [-0.05, 0) is 96.6 Å². The van der Waals surface area contributed by atoms with E-state index in [4.69, 9.17) is 4.74 Å². The van der Waals surface area contributed by atoms with E-state index in [1.54, 1.807) is 32.0 Å². The topological polar surface area (TPSA) is 115 Å². The van der Waals surface area contributed by atoms with Crippen molar-refractivity contribution in [3.05, 3.63) is 30.0 Å². The quantitative estimate of drug-likeness (QED) is 0.379. The van der Waals surface area contributed by atoms with E-state index in [0.29, 0.717) is 23.0 Å². The van der Waals surface area contributed by atoms with E-state index in [2.05, 4.69) is 37.9 Å². The molecule has 2 amide bonds. The molecule has 1 saturated carbocycles.